The fourth-order valence-corrected chi connectivity index (χ4v) is 9.85. The van der Waals surface area contributed by atoms with Crippen LogP contribution in [0.15, 0.2) is 109 Å². The Morgan fingerprint density at radius 1 is 0.632 bits per heavy atom. The molecular formula is C36H42BrP. The average molecular weight is 586 g/mol. The van der Waals surface area contributed by atoms with Crippen LogP contribution in [-0.2, 0) is 0 Å². The molecule has 0 bridgehead atoms. The van der Waals surface area contributed by atoms with Gasteiger partial charge >= 0.3 is 0 Å². The van der Waals surface area contributed by atoms with E-state index >= 15 is 0 Å². The Morgan fingerprint density at radius 3 is 1.76 bits per heavy atom. The first-order chi connectivity index (χ1) is 18.2. The SMILES string of the molecule is CCCCCC1CCC(c2ccc(-c3ccccc3[P+](C)(c3ccccc3)c3ccccc3)cc2)CC1.[Br-]. The van der Waals surface area contributed by atoms with Crippen LogP contribution in [0.25, 0.3) is 11.1 Å². The lowest BCUT2D eigenvalue weighted by atomic mass is 9.77. The normalized spacial score (nSPS) is 17.5. The van der Waals surface area contributed by atoms with Crippen molar-refractivity contribution in [3.63, 3.8) is 0 Å². The molecule has 0 amide bonds. The Hall–Kier alpha value is -2.21. The van der Waals surface area contributed by atoms with Gasteiger partial charge in [-0.3, -0.25) is 0 Å². The molecule has 0 aliphatic heterocycles. The van der Waals surface area contributed by atoms with E-state index in [1.54, 1.807) is 0 Å². The minimum atomic E-state index is -1.79. The highest BCUT2D eigenvalue weighted by Crippen LogP contribution is 2.53. The van der Waals surface area contributed by atoms with Gasteiger partial charge in [0.15, 0.2) is 0 Å². The zero-order valence-electron chi connectivity index (χ0n) is 23.0. The third-order valence-corrected chi connectivity index (χ3v) is 12.7. The second kappa shape index (κ2) is 13.7. The van der Waals surface area contributed by atoms with Crippen LogP contribution in [0.5, 0.6) is 0 Å². The second-order valence-electron chi connectivity index (χ2n) is 11.0. The van der Waals surface area contributed by atoms with Crippen molar-refractivity contribution in [1.82, 2.24) is 0 Å². The van der Waals surface area contributed by atoms with Gasteiger partial charge in [-0.2, -0.15) is 0 Å². The molecule has 0 radical (unpaired) electrons. The number of halogens is 1. The molecule has 2 heteroatoms. The molecule has 0 nitrogen and oxygen atoms in total. The quantitative estimate of drug-likeness (QED) is 0.164. The van der Waals surface area contributed by atoms with E-state index in [0.717, 1.165) is 11.8 Å². The van der Waals surface area contributed by atoms with Crippen LogP contribution in [0, 0.1) is 5.92 Å². The van der Waals surface area contributed by atoms with Crippen LogP contribution in [0.1, 0.15) is 69.8 Å². The lowest BCUT2D eigenvalue weighted by Gasteiger charge is -2.29. The van der Waals surface area contributed by atoms with Crippen LogP contribution >= 0.6 is 7.26 Å². The van der Waals surface area contributed by atoms with E-state index in [1.165, 1.54) is 84.0 Å². The highest BCUT2D eigenvalue weighted by Gasteiger charge is 2.41. The van der Waals surface area contributed by atoms with Crippen LogP contribution in [-0.4, -0.2) is 6.66 Å². The van der Waals surface area contributed by atoms with E-state index < -0.39 is 7.26 Å². The van der Waals surface area contributed by atoms with E-state index in [0.29, 0.717) is 0 Å². The Kier molecular flexibility index (Phi) is 10.4. The van der Waals surface area contributed by atoms with Crippen molar-refractivity contribution in [2.24, 2.45) is 5.92 Å². The van der Waals surface area contributed by atoms with Crippen LogP contribution in [0.2, 0.25) is 0 Å². The second-order valence-corrected chi connectivity index (χ2v) is 14.6. The molecule has 0 saturated heterocycles. The number of benzene rings is 4. The molecular weight excluding hydrogens is 543 g/mol. The van der Waals surface area contributed by atoms with E-state index in [2.05, 4.69) is 123 Å². The molecule has 0 N–H and O–H groups in total. The van der Waals surface area contributed by atoms with Gasteiger partial charge in [0.25, 0.3) is 0 Å². The van der Waals surface area contributed by atoms with E-state index in [1.807, 2.05) is 0 Å². The Labute approximate surface area is 242 Å². The van der Waals surface area contributed by atoms with E-state index in [4.69, 9.17) is 0 Å². The summed E-state index contributed by atoms with van der Waals surface area (Å²) in [6, 6.07) is 41.0. The van der Waals surface area contributed by atoms with Gasteiger partial charge < -0.3 is 17.0 Å². The van der Waals surface area contributed by atoms with Crippen molar-refractivity contribution >= 4 is 23.2 Å². The maximum absolute atomic E-state index is 2.49. The van der Waals surface area contributed by atoms with Gasteiger partial charge in [-0.1, -0.05) is 111 Å². The summed E-state index contributed by atoms with van der Waals surface area (Å²) < 4.78 is 0. The maximum atomic E-state index is 2.49. The maximum Gasteiger partial charge on any atom is 0.112 e. The molecule has 0 unspecified atom stereocenters. The zero-order chi connectivity index (χ0) is 25.5. The number of rotatable bonds is 9. The standard InChI is InChI=1S/C36H42P.BrH/c1-3-4-7-14-29-21-23-30(24-22-29)31-25-27-32(28-26-31)35-19-12-13-20-36(35)37(2,33-15-8-5-9-16-33)34-17-10-6-11-18-34;/h5-6,8-13,15-20,25-30H,3-4,7,14,21-24H2,1-2H3;1H/q+1;/p-1. The first kappa shape index (κ1) is 28.8. The Morgan fingerprint density at radius 2 is 1.18 bits per heavy atom. The first-order valence-corrected chi connectivity index (χ1v) is 16.6. The molecule has 4 aromatic carbocycles. The molecule has 5 rings (SSSR count). The summed E-state index contributed by atoms with van der Waals surface area (Å²) in [5.74, 6) is 1.70. The third-order valence-electron chi connectivity index (χ3n) is 8.69. The van der Waals surface area contributed by atoms with Crippen LogP contribution in [0.3, 0.4) is 0 Å². The predicted octanol–water partition coefficient (Wildman–Crippen LogP) is 6.14. The summed E-state index contributed by atoms with van der Waals surface area (Å²) in [6.45, 7) is 4.80. The predicted molar refractivity (Wildman–Crippen MR) is 165 cm³/mol. The topological polar surface area (TPSA) is 0 Å². The minimum Gasteiger partial charge on any atom is -1.00 e. The summed E-state index contributed by atoms with van der Waals surface area (Å²) >= 11 is 0. The minimum absolute atomic E-state index is 0. The molecule has 38 heavy (non-hydrogen) atoms. The van der Waals surface area contributed by atoms with Crippen LogP contribution < -0.4 is 32.9 Å². The Balaban J connectivity index is 0.00000336. The number of hydrogen-bond donors (Lipinski definition) is 0. The number of hydrogen-bond acceptors (Lipinski definition) is 0. The summed E-state index contributed by atoms with van der Waals surface area (Å²) in [7, 11) is -1.79. The number of unbranched alkanes of at least 4 members (excludes halogenated alkanes) is 2. The highest BCUT2D eigenvalue weighted by molar-refractivity contribution is 7.95. The van der Waals surface area contributed by atoms with Crippen molar-refractivity contribution in [1.29, 1.82) is 0 Å². The van der Waals surface area contributed by atoms with Gasteiger partial charge in [0, 0.05) is 5.56 Å². The van der Waals surface area contributed by atoms with E-state index in [-0.39, 0.29) is 17.0 Å². The monoisotopic (exact) mass is 584 g/mol. The summed E-state index contributed by atoms with van der Waals surface area (Å²) in [5.41, 5.74) is 4.25. The van der Waals surface area contributed by atoms with Crippen molar-refractivity contribution < 1.29 is 17.0 Å². The van der Waals surface area contributed by atoms with Gasteiger partial charge in [-0.05, 0) is 79.0 Å². The third kappa shape index (κ3) is 6.32. The zero-order valence-corrected chi connectivity index (χ0v) is 25.5. The Bertz CT molecular complexity index is 1200. The molecule has 4 aromatic rings. The van der Waals surface area contributed by atoms with Gasteiger partial charge in [0.05, 0.1) is 6.66 Å². The molecule has 1 aliphatic carbocycles. The summed E-state index contributed by atoms with van der Waals surface area (Å²) in [4.78, 5) is 0. The van der Waals surface area contributed by atoms with Gasteiger partial charge in [0.2, 0.25) is 0 Å². The lowest BCUT2D eigenvalue weighted by molar-refractivity contribution is -0.00000742. The van der Waals surface area contributed by atoms with Gasteiger partial charge in [-0.15, -0.1) is 0 Å². The summed E-state index contributed by atoms with van der Waals surface area (Å²) in [5, 5.41) is 4.33. The van der Waals surface area contributed by atoms with Crippen molar-refractivity contribution in [3.05, 3.63) is 115 Å². The lowest BCUT2D eigenvalue weighted by Crippen LogP contribution is -3.00. The molecule has 1 saturated carbocycles. The fourth-order valence-electron chi connectivity index (χ4n) is 6.39. The molecule has 0 atom stereocenters. The fraction of sp³-hybridized carbons (Fsp3) is 0.333. The molecule has 1 aliphatic rings. The van der Waals surface area contributed by atoms with Gasteiger partial charge in [0.1, 0.15) is 23.2 Å². The molecule has 198 valence electrons. The molecule has 0 aromatic heterocycles. The van der Waals surface area contributed by atoms with E-state index in [9.17, 15) is 0 Å². The summed E-state index contributed by atoms with van der Waals surface area (Å²) in [6.07, 6.45) is 11.2. The largest absolute Gasteiger partial charge is 1.00 e. The first-order valence-electron chi connectivity index (χ1n) is 14.4. The van der Waals surface area contributed by atoms with Crippen LogP contribution in [0.4, 0.5) is 0 Å². The smallest absolute Gasteiger partial charge is 0.112 e. The van der Waals surface area contributed by atoms with Crippen molar-refractivity contribution in [2.75, 3.05) is 6.66 Å². The van der Waals surface area contributed by atoms with Crippen molar-refractivity contribution in [2.45, 2.75) is 64.2 Å². The highest BCUT2D eigenvalue weighted by atomic mass is 79.9. The molecule has 1 fully saturated rings. The molecule has 0 spiro atoms. The molecule has 0 heterocycles. The average Bonchev–Trinajstić information content (AvgIpc) is 2.98. The van der Waals surface area contributed by atoms with Gasteiger partial charge in [-0.25, -0.2) is 0 Å². The van der Waals surface area contributed by atoms with Crippen molar-refractivity contribution in [3.8, 4) is 11.1 Å².